The van der Waals surface area contributed by atoms with E-state index < -0.39 is 0 Å². The summed E-state index contributed by atoms with van der Waals surface area (Å²) in [6, 6.07) is -0.344. The molecule has 1 N–H and O–H groups in total. The van der Waals surface area contributed by atoms with Crippen molar-refractivity contribution in [3.63, 3.8) is 0 Å². The first-order valence-corrected chi connectivity index (χ1v) is 8.86. The highest BCUT2D eigenvalue weighted by molar-refractivity contribution is 8.01. The van der Waals surface area contributed by atoms with Crippen molar-refractivity contribution in [2.75, 3.05) is 0 Å². The Morgan fingerprint density at radius 3 is 1.94 bits per heavy atom. The number of nitrogens with one attached hydrogen (secondary N) is 1. The third-order valence-corrected chi connectivity index (χ3v) is 4.88. The van der Waals surface area contributed by atoms with Crippen LogP contribution in [0, 0.1) is 16.7 Å². The summed E-state index contributed by atoms with van der Waals surface area (Å²) >= 11 is 0. The number of carbonyl (C=O) groups excluding carboxylic acids is 2. The normalized spacial score (nSPS) is 26.9. The van der Waals surface area contributed by atoms with Crippen LogP contribution in [0.3, 0.4) is 0 Å². The minimum absolute atomic E-state index is 0.0745. The van der Waals surface area contributed by atoms with E-state index in [-0.39, 0.29) is 43.1 Å². The lowest BCUT2D eigenvalue weighted by Crippen LogP contribution is -2.63. The third-order valence-electron chi connectivity index (χ3n) is 3.28. The minimum Gasteiger partial charge on any atom is -0.299 e. The van der Waals surface area contributed by atoms with Gasteiger partial charge in [0.15, 0.2) is 0 Å². The molecule has 1 rings (SSSR count). The van der Waals surface area contributed by atoms with Crippen LogP contribution in [0.2, 0.25) is 0 Å². The van der Waals surface area contributed by atoms with Crippen LogP contribution in [0.25, 0.3) is 0 Å². The summed E-state index contributed by atoms with van der Waals surface area (Å²) in [7, 11) is 2.88. The average Bonchev–Trinajstić information content (AvgIpc) is 2.12. The number of imide groups is 1. The van der Waals surface area contributed by atoms with Crippen LogP contribution >= 0.6 is 17.3 Å². The molecule has 0 saturated carbocycles. The van der Waals surface area contributed by atoms with Gasteiger partial charge in [0, 0.05) is 8.42 Å². The molecular weight excluding hydrogens is 266 g/mol. The Hall–Kier alpha value is -0.200. The summed E-state index contributed by atoms with van der Waals surface area (Å²) in [4.78, 5) is 24.2. The first kappa shape index (κ1) is 15.9. The summed E-state index contributed by atoms with van der Waals surface area (Å²) in [5, 5.41) is 2.48. The van der Waals surface area contributed by atoms with Crippen molar-refractivity contribution in [1.82, 2.24) is 9.99 Å². The lowest BCUT2D eigenvalue weighted by atomic mass is 9.67. The summed E-state index contributed by atoms with van der Waals surface area (Å²) < 4.78 is 1.78. The van der Waals surface area contributed by atoms with Crippen LogP contribution in [-0.4, -0.2) is 22.7 Å². The molecule has 1 heterocycles. The SMILES string of the molecule is CC(C)(C)C1C(=O)NC(=O)N(PP)C1C(C)(C)C. The molecule has 0 aromatic heterocycles. The molecule has 3 amide bonds. The predicted molar refractivity (Wildman–Crippen MR) is 79.6 cm³/mol. The van der Waals surface area contributed by atoms with Crippen molar-refractivity contribution in [2.45, 2.75) is 47.6 Å². The fourth-order valence-corrected chi connectivity index (χ4v) is 4.26. The standard InChI is InChI=1S/C12H24N2O2P2/c1-11(2,3)7-8(12(4,5)6)14(18-17)10(16)13-9(7)15/h7-8,18H,17H2,1-6H3,(H,13,15,16). The Balaban J connectivity index is 3.28. The van der Waals surface area contributed by atoms with Gasteiger partial charge < -0.3 is 0 Å². The zero-order chi connectivity index (χ0) is 14.3. The number of nitrogens with zero attached hydrogens (tertiary/aromatic N) is 1. The van der Waals surface area contributed by atoms with E-state index in [9.17, 15) is 9.59 Å². The fraction of sp³-hybridized carbons (Fsp3) is 0.833. The van der Waals surface area contributed by atoms with E-state index in [1.165, 1.54) is 0 Å². The maximum absolute atomic E-state index is 12.2. The number of urea groups is 1. The van der Waals surface area contributed by atoms with Gasteiger partial charge in [0.1, 0.15) is 0 Å². The molecule has 6 heteroatoms. The average molecular weight is 290 g/mol. The van der Waals surface area contributed by atoms with Crippen molar-refractivity contribution in [3.05, 3.63) is 0 Å². The summed E-state index contributed by atoms with van der Waals surface area (Å²) in [5.74, 6) is -0.338. The second-order valence-corrected chi connectivity index (χ2v) is 8.46. The van der Waals surface area contributed by atoms with Gasteiger partial charge in [-0.2, -0.15) is 0 Å². The van der Waals surface area contributed by atoms with Crippen molar-refractivity contribution in [3.8, 4) is 0 Å². The monoisotopic (exact) mass is 290 g/mol. The lowest BCUT2D eigenvalue weighted by Gasteiger charge is -2.50. The molecule has 4 unspecified atom stereocenters. The predicted octanol–water partition coefficient (Wildman–Crippen LogP) is 3.00. The highest BCUT2D eigenvalue weighted by Crippen LogP contribution is 2.46. The van der Waals surface area contributed by atoms with Crippen LogP contribution in [0.5, 0.6) is 0 Å². The topological polar surface area (TPSA) is 49.4 Å². The van der Waals surface area contributed by atoms with Gasteiger partial charge in [-0.3, -0.25) is 14.8 Å². The molecular formula is C12H24N2O2P2. The van der Waals surface area contributed by atoms with Crippen LogP contribution in [-0.2, 0) is 4.79 Å². The van der Waals surface area contributed by atoms with Crippen molar-refractivity contribution in [1.29, 1.82) is 0 Å². The molecule has 0 aromatic rings. The van der Waals surface area contributed by atoms with Gasteiger partial charge in [-0.1, -0.05) is 50.5 Å². The van der Waals surface area contributed by atoms with E-state index >= 15 is 0 Å². The molecule has 0 aromatic carbocycles. The van der Waals surface area contributed by atoms with Gasteiger partial charge in [-0.05, 0) is 10.8 Å². The Labute approximate surface area is 114 Å². The smallest absolute Gasteiger partial charge is 0.299 e. The summed E-state index contributed by atoms with van der Waals surface area (Å²) in [6.07, 6.45) is 0. The Kier molecular flexibility index (Phi) is 4.45. The van der Waals surface area contributed by atoms with Crippen molar-refractivity contribution in [2.24, 2.45) is 16.7 Å². The van der Waals surface area contributed by atoms with Crippen molar-refractivity contribution < 1.29 is 9.59 Å². The largest absolute Gasteiger partial charge is 0.327 e. The van der Waals surface area contributed by atoms with Gasteiger partial charge in [0.25, 0.3) is 0 Å². The highest BCUT2D eigenvalue weighted by Gasteiger charge is 2.51. The molecule has 4 atom stereocenters. The molecule has 0 radical (unpaired) electrons. The molecule has 1 aliphatic heterocycles. The first-order valence-electron chi connectivity index (χ1n) is 6.10. The highest BCUT2D eigenvalue weighted by atomic mass is 32.0. The molecule has 4 nitrogen and oxygen atoms in total. The first-order chi connectivity index (χ1) is 8.00. The molecule has 0 bridgehead atoms. The van der Waals surface area contributed by atoms with E-state index in [2.05, 4.69) is 55.8 Å². The second kappa shape index (κ2) is 5.06. The third kappa shape index (κ3) is 3.03. The molecule has 0 spiro atoms. The molecule has 104 valence electrons. The Morgan fingerprint density at radius 1 is 1.11 bits per heavy atom. The van der Waals surface area contributed by atoms with Gasteiger partial charge in [0.05, 0.1) is 12.0 Å². The lowest BCUT2D eigenvalue weighted by molar-refractivity contribution is -0.133. The quantitative estimate of drug-likeness (QED) is 0.755. The number of amides is 3. The Morgan fingerprint density at radius 2 is 1.61 bits per heavy atom. The van der Waals surface area contributed by atoms with Crippen LogP contribution in [0.1, 0.15) is 41.5 Å². The van der Waals surface area contributed by atoms with E-state index in [0.29, 0.717) is 0 Å². The molecule has 0 aliphatic carbocycles. The number of hydrogen-bond acceptors (Lipinski definition) is 2. The fourth-order valence-electron chi connectivity index (χ4n) is 2.56. The molecule has 1 saturated heterocycles. The summed E-state index contributed by atoms with van der Waals surface area (Å²) in [6.45, 7) is 12.4. The van der Waals surface area contributed by atoms with Gasteiger partial charge in [-0.15, -0.1) is 0 Å². The number of carbonyl (C=O) groups is 2. The number of rotatable bonds is 1. The van der Waals surface area contributed by atoms with Crippen LogP contribution in [0.15, 0.2) is 0 Å². The van der Waals surface area contributed by atoms with Crippen molar-refractivity contribution >= 4 is 29.3 Å². The van der Waals surface area contributed by atoms with Crippen LogP contribution in [0.4, 0.5) is 4.79 Å². The van der Waals surface area contributed by atoms with Gasteiger partial charge in [0.2, 0.25) is 5.91 Å². The van der Waals surface area contributed by atoms with E-state index in [1.807, 2.05) is 0 Å². The van der Waals surface area contributed by atoms with E-state index in [1.54, 1.807) is 4.67 Å². The van der Waals surface area contributed by atoms with Crippen LogP contribution < -0.4 is 5.32 Å². The molecule has 1 fully saturated rings. The maximum Gasteiger partial charge on any atom is 0.327 e. The second-order valence-electron chi connectivity index (χ2n) is 6.95. The van der Waals surface area contributed by atoms with Gasteiger partial charge >= 0.3 is 6.03 Å². The van der Waals surface area contributed by atoms with E-state index in [4.69, 9.17) is 0 Å². The number of hydrogen-bond donors (Lipinski definition) is 1. The molecule has 18 heavy (non-hydrogen) atoms. The maximum atomic E-state index is 12.2. The zero-order valence-electron chi connectivity index (χ0n) is 12.0. The van der Waals surface area contributed by atoms with Gasteiger partial charge in [-0.25, -0.2) is 4.79 Å². The molecule has 1 aliphatic rings. The van der Waals surface area contributed by atoms with E-state index in [0.717, 1.165) is 0 Å². The minimum atomic E-state index is -0.270. The summed E-state index contributed by atoms with van der Waals surface area (Å²) in [5.41, 5.74) is -0.305. The zero-order valence-corrected chi connectivity index (χ0v) is 14.2. The Bertz CT molecular complexity index is 358.